The SMILES string of the molecule is CCN(CC1(CO)CCC1)c1ccccc1. The molecule has 1 saturated carbocycles. The molecule has 0 saturated heterocycles. The third kappa shape index (κ3) is 2.22. The van der Waals surface area contributed by atoms with Crippen molar-refractivity contribution in [3.8, 4) is 0 Å². The van der Waals surface area contributed by atoms with E-state index in [0.717, 1.165) is 13.1 Å². The van der Waals surface area contributed by atoms with Gasteiger partial charge < -0.3 is 10.0 Å². The van der Waals surface area contributed by atoms with Gasteiger partial charge in [0.05, 0.1) is 6.61 Å². The van der Waals surface area contributed by atoms with Gasteiger partial charge in [-0.3, -0.25) is 0 Å². The van der Waals surface area contributed by atoms with Crippen LogP contribution in [0.5, 0.6) is 0 Å². The Labute approximate surface area is 97.9 Å². The van der Waals surface area contributed by atoms with Crippen LogP contribution in [0.2, 0.25) is 0 Å². The predicted molar refractivity (Wildman–Crippen MR) is 67.7 cm³/mol. The van der Waals surface area contributed by atoms with Crippen molar-refractivity contribution in [3.05, 3.63) is 30.3 Å². The smallest absolute Gasteiger partial charge is 0.0504 e. The van der Waals surface area contributed by atoms with Gasteiger partial charge in [0, 0.05) is 24.2 Å². The van der Waals surface area contributed by atoms with Gasteiger partial charge in [0.2, 0.25) is 0 Å². The Bertz CT molecular complexity index is 313. The van der Waals surface area contributed by atoms with Crippen LogP contribution in [0.15, 0.2) is 30.3 Å². The zero-order valence-electron chi connectivity index (χ0n) is 10.0. The molecular formula is C14H21NO. The monoisotopic (exact) mass is 219 g/mol. The van der Waals surface area contributed by atoms with E-state index >= 15 is 0 Å². The van der Waals surface area contributed by atoms with Crippen LogP contribution < -0.4 is 4.90 Å². The van der Waals surface area contributed by atoms with Gasteiger partial charge in [0.1, 0.15) is 0 Å². The molecule has 0 unspecified atom stereocenters. The molecule has 2 rings (SSSR count). The lowest BCUT2D eigenvalue weighted by molar-refractivity contribution is 0.0516. The molecule has 0 atom stereocenters. The van der Waals surface area contributed by atoms with Crippen molar-refractivity contribution in [2.75, 3.05) is 24.6 Å². The molecule has 0 aromatic heterocycles. The minimum atomic E-state index is 0.172. The number of nitrogens with zero attached hydrogens (tertiary/aromatic N) is 1. The second-order valence-electron chi connectivity index (χ2n) is 4.86. The number of hydrogen-bond acceptors (Lipinski definition) is 2. The third-order valence-corrected chi connectivity index (χ3v) is 3.78. The van der Waals surface area contributed by atoms with Gasteiger partial charge in [-0.05, 0) is 31.9 Å². The summed E-state index contributed by atoms with van der Waals surface area (Å²) in [4.78, 5) is 2.37. The highest BCUT2D eigenvalue weighted by Gasteiger charge is 2.37. The van der Waals surface area contributed by atoms with Crippen LogP contribution in [0.3, 0.4) is 0 Å². The summed E-state index contributed by atoms with van der Waals surface area (Å²) in [5.41, 5.74) is 1.44. The van der Waals surface area contributed by atoms with E-state index in [0.29, 0.717) is 6.61 Å². The fourth-order valence-electron chi connectivity index (χ4n) is 2.47. The van der Waals surface area contributed by atoms with Crippen molar-refractivity contribution in [2.24, 2.45) is 5.41 Å². The Hall–Kier alpha value is -1.02. The number of benzene rings is 1. The largest absolute Gasteiger partial charge is 0.396 e. The van der Waals surface area contributed by atoms with E-state index in [1.807, 2.05) is 6.07 Å². The van der Waals surface area contributed by atoms with E-state index in [2.05, 4.69) is 36.1 Å². The van der Waals surface area contributed by atoms with Gasteiger partial charge in [-0.25, -0.2) is 0 Å². The summed E-state index contributed by atoms with van der Waals surface area (Å²) >= 11 is 0. The fourth-order valence-corrected chi connectivity index (χ4v) is 2.47. The number of hydrogen-bond donors (Lipinski definition) is 1. The number of aliphatic hydroxyl groups excluding tert-OH is 1. The Morgan fingerprint density at radius 3 is 2.38 bits per heavy atom. The maximum Gasteiger partial charge on any atom is 0.0504 e. The van der Waals surface area contributed by atoms with Gasteiger partial charge in [-0.15, -0.1) is 0 Å². The lowest BCUT2D eigenvalue weighted by atomic mass is 9.69. The second kappa shape index (κ2) is 4.88. The van der Waals surface area contributed by atoms with E-state index < -0.39 is 0 Å². The molecule has 88 valence electrons. The summed E-state index contributed by atoms with van der Waals surface area (Å²) in [6.45, 7) is 4.50. The molecular weight excluding hydrogens is 198 g/mol. The van der Waals surface area contributed by atoms with Gasteiger partial charge in [-0.2, -0.15) is 0 Å². The molecule has 0 aliphatic heterocycles. The van der Waals surface area contributed by atoms with Crippen LogP contribution in [0.4, 0.5) is 5.69 Å². The molecule has 1 fully saturated rings. The summed E-state index contributed by atoms with van der Waals surface area (Å²) in [6.07, 6.45) is 3.62. The molecule has 1 N–H and O–H groups in total. The van der Waals surface area contributed by atoms with Crippen LogP contribution in [-0.4, -0.2) is 24.8 Å². The Morgan fingerprint density at radius 2 is 1.94 bits per heavy atom. The molecule has 0 amide bonds. The van der Waals surface area contributed by atoms with Crippen molar-refractivity contribution in [2.45, 2.75) is 26.2 Å². The van der Waals surface area contributed by atoms with Gasteiger partial charge in [0.15, 0.2) is 0 Å². The van der Waals surface area contributed by atoms with E-state index in [9.17, 15) is 5.11 Å². The second-order valence-corrected chi connectivity index (χ2v) is 4.86. The molecule has 1 aliphatic rings. The maximum absolute atomic E-state index is 9.50. The zero-order valence-corrected chi connectivity index (χ0v) is 10.0. The Kier molecular flexibility index (Phi) is 3.49. The summed E-state index contributed by atoms with van der Waals surface area (Å²) in [5, 5.41) is 9.50. The minimum absolute atomic E-state index is 0.172. The fraction of sp³-hybridized carbons (Fsp3) is 0.571. The van der Waals surface area contributed by atoms with Gasteiger partial charge >= 0.3 is 0 Å². The first-order valence-corrected chi connectivity index (χ1v) is 6.20. The highest BCUT2D eigenvalue weighted by molar-refractivity contribution is 5.46. The topological polar surface area (TPSA) is 23.5 Å². The first kappa shape index (κ1) is 11.5. The van der Waals surface area contributed by atoms with E-state index in [-0.39, 0.29) is 5.41 Å². The molecule has 0 bridgehead atoms. The van der Waals surface area contributed by atoms with Crippen molar-refractivity contribution in [1.82, 2.24) is 0 Å². The number of para-hydroxylation sites is 1. The number of rotatable bonds is 5. The van der Waals surface area contributed by atoms with Crippen LogP contribution in [0.1, 0.15) is 26.2 Å². The van der Waals surface area contributed by atoms with Crippen LogP contribution in [-0.2, 0) is 0 Å². The lowest BCUT2D eigenvalue weighted by Crippen LogP contribution is -2.45. The minimum Gasteiger partial charge on any atom is -0.396 e. The van der Waals surface area contributed by atoms with Crippen molar-refractivity contribution in [3.63, 3.8) is 0 Å². The molecule has 2 nitrogen and oxygen atoms in total. The van der Waals surface area contributed by atoms with E-state index in [1.54, 1.807) is 0 Å². The molecule has 2 heteroatoms. The molecule has 16 heavy (non-hydrogen) atoms. The highest BCUT2D eigenvalue weighted by atomic mass is 16.3. The summed E-state index contributed by atoms with van der Waals surface area (Å²) in [5.74, 6) is 0. The Morgan fingerprint density at radius 1 is 1.25 bits per heavy atom. The first-order chi connectivity index (χ1) is 7.79. The maximum atomic E-state index is 9.50. The molecule has 0 heterocycles. The summed E-state index contributed by atoms with van der Waals surface area (Å²) in [6, 6.07) is 10.5. The van der Waals surface area contributed by atoms with E-state index in [4.69, 9.17) is 0 Å². The van der Waals surface area contributed by atoms with E-state index in [1.165, 1.54) is 24.9 Å². The van der Waals surface area contributed by atoms with Crippen LogP contribution >= 0.6 is 0 Å². The number of aliphatic hydroxyl groups is 1. The van der Waals surface area contributed by atoms with Gasteiger partial charge in [-0.1, -0.05) is 24.6 Å². The molecule has 1 aromatic carbocycles. The predicted octanol–water partition coefficient (Wildman–Crippen LogP) is 2.68. The molecule has 0 radical (unpaired) electrons. The first-order valence-electron chi connectivity index (χ1n) is 6.20. The molecule has 1 aliphatic carbocycles. The van der Waals surface area contributed by atoms with Crippen LogP contribution in [0.25, 0.3) is 0 Å². The summed E-state index contributed by atoms with van der Waals surface area (Å²) < 4.78 is 0. The number of anilines is 1. The summed E-state index contributed by atoms with van der Waals surface area (Å²) in [7, 11) is 0. The lowest BCUT2D eigenvalue weighted by Gasteiger charge is -2.44. The van der Waals surface area contributed by atoms with Crippen LogP contribution in [0, 0.1) is 5.41 Å². The molecule has 0 spiro atoms. The third-order valence-electron chi connectivity index (χ3n) is 3.78. The Balaban J connectivity index is 2.06. The zero-order chi connectivity index (χ0) is 11.4. The van der Waals surface area contributed by atoms with Crippen molar-refractivity contribution >= 4 is 5.69 Å². The van der Waals surface area contributed by atoms with Crippen molar-refractivity contribution in [1.29, 1.82) is 0 Å². The average molecular weight is 219 g/mol. The highest BCUT2D eigenvalue weighted by Crippen LogP contribution is 2.41. The standard InChI is InChI=1S/C14H21NO/c1-2-15(13-7-4-3-5-8-13)11-14(12-16)9-6-10-14/h3-5,7-8,16H,2,6,9-12H2,1H3. The average Bonchev–Trinajstić information content (AvgIpc) is 2.30. The molecule has 1 aromatic rings. The normalized spacial score (nSPS) is 17.9. The van der Waals surface area contributed by atoms with Gasteiger partial charge in [0.25, 0.3) is 0 Å². The quantitative estimate of drug-likeness (QED) is 0.823. The van der Waals surface area contributed by atoms with Crippen molar-refractivity contribution < 1.29 is 5.11 Å².